The van der Waals surface area contributed by atoms with Crippen LogP contribution in [0.2, 0.25) is 0 Å². The van der Waals surface area contributed by atoms with Crippen LogP contribution in [0.1, 0.15) is 55.8 Å². The second-order valence-electron chi connectivity index (χ2n) is 5.62. The SMILES string of the molecule is C[C@H](NS(=O)(=O)c1cc(C(=O)O)cs1)C1CCCCCC1. The minimum Gasteiger partial charge on any atom is -0.478 e. The summed E-state index contributed by atoms with van der Waals surface area (Å²) in [6.07, 6.45) is 6.85. The van der Waals surface area contributed by atoms with Crippen LogP contribution in [0.3, 0.4) is 0 Å². The lowest BCUT2D eigenvalue weighted by atomic mass is 9.94. The summed E-state index contributed by atoms with van der Waals surface area (Å²) in [4.78, 5) is 10.8. The molecule has 2 N–H and O–H groups in total. The predicted octanol–water partition coefficient (Wildman–Crippen LogP) is 3.08. The largest absolute Gasteiger partial charge is 0.478 e. The summed E-state index contributed by atoms with van der Waals surface area (Å²) in [7, 11) is -3.63. The van der Waals surface area contributed by atoms with Crippen LogP contribution in [-0.2, 0) is 10.0 Å². The molecule has 21 heavy (non-hydrogen) atoms. The van der Waals surface area contributed by atoms with E-state index in [2.05, 4.69) is 4.72 Å². The molecule has 0 saturated heterocycles. The third kappa shape index (κ3) is 4.28. The highest BCUT2D eigenvalue weighted by Crippen LogP contribution is 2.27. The lowest BCUT2D eigenvalue weighted by molar-refractivity contribution is 0.0697. The zero-order valence-electron chi connectivity index (χ0n) is 12.0. The summed E-state index contributed by atoms with van der Waals surface area (Å²) >= 11 is 0.946. The molecule has 1 heterocycles. The monoisotopic (exact) mass is 331 g/mol. The van der Waals surface area contributed by atoms with Crippen molar-refractivity contribution in [2.45, 2.75) is 55.7 Å². The van der Waals surface area contributed by atoms with Crippen LogP contribution in [0, 0.1) is 5.92 Å². The van der Waals surface area contributed by atoms with Crippen LogP contribution < -0.4 is 4.72 Å². The Balaban J connectivity index is 2.06. The van der Waals surface area contributed by atoms with Crippen molar-refractivity contribution in [3.8, 4) is 0 Å². The molecule has 1 atom stereocenters. The van der Waals surface area contributed by atoms with Gasteiger partial charge in [0.25, 0.3) is 0 Å². The number of sulfonamides is 1. The van der Waals surface area contributed by atoms with Crippen molar-refractivity contribution >= 4 is 27.3 Å². The van der Waals surface area contributed by atoms with Crippen LogP contribution >= 0.6 is 11.3 Å². The maximum absolute atomic E-state index is 12.3. The highest BCUT2D eigenvalue weighted by Gasteiger charge is 2.26. The molecule has 0 amide bonds. The molecule has 0 aliphatic heterocycles. The van der Waals surface area contributed by atoms with E-state index in [1.54, 1.807) is 0 Å². The van der Waals surface area contributed by atoms with Crippen LogP contribution in [0.25, 0.3) is 0 Å². The number of hydrogen-bond acceptors (Lipinski definition) is 4. The van der Waals surface area contributed by atoms with Crippen molar-refractivity contribution in [1.29, 1.82) is 0 Å². The van der Waals surface area contributed by atoms with Gasteiger partial charge >= 0.3 is 5.97 Å². The van der Waals surface area contributed by atoms with Gasteiger partial charge in [-0.1, -0.05) is 25.7 Å². The molecule has 0 radical (unpaired) electrons. The van der Waals surface area contributed by atoms with Crippen molar-refractivity contribution in [3.63, 3.8) is 0 Å². The molecule has 1 aliphatic carbocycles. The number of carboxylic acid groups (broad SMARTS) is 1. The summed E-state index contributed by atoms with van der Waals surface area (Å²) in [5.41, 5.74) is 0.0162. The minimum absolute atomic E-state index is 0.0162. The quantitative estimate of drug-likeness (QED) is 0.812. The fraction of sp³-hybridized carbons (Fsp3) is 0.643. The third-order valence-corrected chi connectivity index (χ3v) is 7.03. The molecule has 1 aromatic heterocycles. The third-order valence-electron chi connectivity index (χ3n) is 4.04. The molecule has 1 aromatic rings. The second kappa shape index (κ2) is 6.89. The Hall–Kier alpha value is -0.920. The number of rotatable bonds is 5. The number of hydrogen-bond donors (Lipinski definition) is 2. The predicted molar refractivity (Wildman–Crippen MR) is 82.3 cm³/mol. The first-order valence-corrected chi connectivity index (χ1v) is 9.60. The first kappa shape index (κ1) is 16.5. The number of nitrogens with one attached hydrogen (secondary N) is 1. The van der Waals surface area contributed by atoms with E-state index in [9.17, 15) is 13.2 Å². The van der Waals surface area contributed by atoms with Gasteiger partial charge in [-0.15, -0.1) is 11.3 Å². The first-order chi connectivity index (χ1) is 9.90. The lowest BCUT2D eigenvalue weighted by Crippen LogP contribution is -2.37. The van der Waals surface area contributed by atoms with Gasteiger partial charge in [-0.05, 0) is 31.7 Å². The van der Waals surface area contributed by atoms with E-state index in [4.69, 9.17) is 5.11 Å². The van der Waals surface area contributed by atoms with Crippen molar-refractivity contribution < 1.29 is 18.3 Å². The van der Waals surface area contributed by atoms with Crippen molar-refractivity contribution in [1.82, 2.24) is 4.72 Å². The molecule has 118 valence electrons. The summed E-state index contributed by atoms with van der Waals surface area (Å²) in [5, 5.41) is 10.2. The van der Waals surface area contributed by atoms with E-state index >= 15 is 0 Å². The maximum Gasteiger partial charge on any atom is 0.336 e. The standard InChI is InChI=1S/C14H21NO4S2/c1-10(11-6-4-2-3-5-7-11)15-21(18,19)13-8-12(9-20-13)14(16)17/h8-11,15H,2-7H2,1H3,(H,16,17)/t10-/m0/s1. The van der Waals surface area contributed by atoms with Crippen LogP contribution in [0.15, 0.2) is 15.7 Å². The van der Waals surface area contributed by atoms with Crippen molar-refractivity contribution in [2.75, 3.05) is 0 Å². The van der Waals surface area contributed by atoms with E-state index in [0.29, 0.717) is 5.92 Å². The van der Waals surface area contributed by atoms with Crippen LogP contribution in [0.5, 0.6) is 0 Å². The van der Waals surface area contributed by atoms with Gasteiger partial charge < -0.3 is 5.11 Å². The Morgan fingerprint density at radius 2 is 1.95 bits per heavy atom. The molecule has 7 heteroatoms. The summed E-state index contributed by atoms with van der Waals surface area (Å²) in [5.74, 6) is -0.745. The summed E-state index contributed by atoms with van der Waals surface area (Å²) in [6, 6.07) is 1.10. The highest BCUT2D eigenvalue weighted by molar-refractivity contribution is 7.91. The molecule has 0 bridgehead atoms. The number of aromatic carboxylic acids is 1. The summed E-state index contributed by atoms with van der Waals surface area (Å²) < 4.78 is 27.4. The Morgan fingerprint density at radius 1 is 1.33 bits per heavy atom. The maximum atomic E-state index is 12.3. The molecular weight excluding hydrogens is 310 g/mol. The molecule has 0 aromatic carbocycles. The van der Waals surface area contributed by atoms with Crippen LogP contribution in [0.4, 0.5) is 0 Å². The number of carbonyl (C=O) groups is 1. The fourth-order valence-electron chi connectivity index (χ4n) is 2.78. The van der Waals surface area contributed by atoms with Gasteiger partial charge in [-0.25, -0.2) is 17.9 Å². The van der Waals surface area contributed by atoms with E-state index in [1.165, 1.54) is 24.3 Å². The average molecular weight is 331 g/mol. The lowest BCUT2D eigenvalue weighted by Gasteiger charge is -2.23. The molecule has 1 saturated carbocycles. The Morgan fingerprint density at radius 3 is 2.48 bits per heavy atom. The highest BCUT2D eigenvalue weighted by atomic mass is 32.2. The second-order valence-corrected chi connectivity index (χ2v) is 8.47. The van der Waals surface area contributed by atoms with Gasteiger partial charge in [0.15, 0.2) is 0 Å². The summed E-state index contributed by atoms with van der Waals surface area (Å²) in [6.45, 7) is 1.90. The van der Waals surface area contributed by atoms with Gasteiger partial charge in [0.05, 0.1) is 5.56 Å². The normalized spacial score (nSPS) is 19.1. The fourth-order valence-corrected chi connectivity index (χ4v) is 5.26. The number of thiophene rings is 1. The van der Waals surface area contributed by atoms with Gasteiger partial charge in [0, 0.05) is 11.4 Å². The van der Waals surface area contributed by atoms with Crippen molar-refractivity contribution in [2.24, 2.45) is 5.92 Å². The first-order valence-electron chi connectivity index (χ1n) is 7.24. The zero-order chi connectivity index (χ0) is 15.5. The minimum atomic E-state index is -3.63. The Bertz CT molecular complexity index is 586. The van der Waals surface area contributed by atoms with E-state index in [-0.39, 0.29) is 15.8 Å². The zero-order valence-corrected chi connectivity index (χ0v) is 13.7. The van der Waals surface area contributed by atoms with E-state index < -0.39 is 16.0 Å². The van der Waals surface area contributed by atoms with Crippen molar-refractivity contribution in [3.05, 3.63) is 17.0 Å². The van der Waals surface area contributed by atoms with Gasteiger partial charge in [0.2, 0.25) is 10.0 Å². The molecular formula is C14H21NO4S2. The van der Waals surface area contributed by atoms with Crippen LogP contribution in [-0.4, -0.2) is 25.5 Å². The van der Waals surface area contributed by atoms with Gasteiger partial charge in [0.1, 0.15) is 4.21 Å². The number of carboxylic acids is 1. The average Bonchev–Trinajstić information content (AvgIpc) is 2.76. The van der Waals surface area contributed by atoms with E-state index in [0.717, 1.165) is 37.0 Å². The van der Waals surface area contributed by atoms with E-state index in [1.807, 2.05) is 6.92 Å². The molecule has 0 unspecified atom stereocenters. The Kier molecular flexibility index (Phi) is 5.40. The van der Waals surface area contributed by atoms with Gasteiger partial charge in [-0.2, -0.15) is 0 Å². The van der Waals surface area contributed by atoms with Gasteiger partial charge in [-0.3, -0.25) is 0 Å². The Labute approximate surface area is 129 Å². The molecule has 2 rings (SSSR count). The smallest absolute Gasteiger partial charge is 0.336 e. The molecule has 1 aliphatic rings. The molecule has 1 fully saturated rings. The topological polar surface area (TPSA) is 83.5 Å². The molecule has 5 nitrogen and oxygen atoms in total. The molecule has 0 spiro atoms.